The van der Waals surface area contributed by atoms with Gasteiger partial charge in [0.2, 0.25) is 0 Å². The number of nitrogen functional groups attached to an aromatic ring is 1. The molecule has 0 fully saturated rings. The third-order valence-electron chi connectivity index (χ3n) is 10.6. The molecular formula is C49H66N4O8. The Morgan fingerprint density at radius 3 is 1.44 bits per heavy atom. The fourth-order valence-corrected chi connectivity index (χ4v) is 7.49. The van der Waals surface area contributed by atoms with Gasteiger partial charge in [-0.1, -0.05) is 72.8 Å². The van der Waals surface area contributed by atoms with Gasteiger partial charge in [-0.15, -0.1) is 0 Å². The lowest BCUT2D eigenvalue weighted by Crippen LogP contribution is -2.55. The van der Waals surface area contributed by atoms with E-state index in [1.54, 1.807) is 35.8 Å². The van der Waals surface area contributed by atoms with Gasteiger partial charge < -0.3 is 40.2 Å². The number of rotatable bonds is 9. The first-order chi connectivity index (χ1) is 28.5. The molecule has 330 valence electrons. The quantitative estimate of drug-likeness (QED) is 0.120. The monoisotopic (exact) mass is 838 g/mol. The molecular weight excluding hydrogens is 773 g/mol. The van der Waals surface area contributed by atoms with Crippen LogP contribution in [0.3, 0.4) is 0 Å². The van der Waals surface area contributed by atoms with Gasteiger partial charge in [-0.05, 0) is 105 Å². The van der Waals surface area contributed by atoms with E-state index in [1.165, 1.54) is 0 Å². The molecule has 12 nitrogen and oxygen atoms in total. The molecule has 0 unspecified atom stereocenters. The lowest BCUT2D eigenvalue weighted by atomic mass is 9.85. The van der Waals surface area contributed by atoms with Crippen LogP contribution in [-0.2, 0) is 22.3 Å². The fraction of sp³-hybridized carbons (Fsp3) is 0.469. The van der Waals surface area contributed by atoms with Gasteiger partial charge in [0, 0.05) is 54.8 Å². The number of hydrogen-bond donors (Lipinski definition) is 4. The van der Waals surface area contributed by atoms with Crippen LogP contribution in [0.4, 0.5) is 21.0 Å². The highest BCUT2D eigenvalue weighted by atomic mass is 16.6. The third-order valence-corrected chi connectivity index (χ3v) is 10.6. The van der Waals surface area contributed by atoms with Crippen molar-refractivity contribution in [2.45, 2.75) is 129 Å². The van der Waals surface area contributed by atoms with Gasteiger partial charge in [-0.3, -0.25) is 9.80 Å². The number of benzene rings is 4. The summed E-state index contributed by atoms with van der Waals surface area (Å²) in [6.07, 6.45) is -1.51. The Hall–Kier alpha value is -5.46. The number of nitrogens with zero attached hydrogens (tertiary/aromatic N) is 2. The SMILES string of the molecule is CC(C)(C)OC(=O)N(CCc1ccccc1)[C@H]1c2ccc(N)cc2OC(C)(C)[C@@H]1O.CNc1ccc2c(c1)OC(C)(C)[C@H](O)[C@H]2N(CCc1ccccc1)C(=O)OC(C)(C)C. The molecule has 2 aliphatic rings. The first kappa shape index (κ1) is 46.6. The Kier molecular flexibility index (Phi) is 14.3. The van der Waals surface area contributed by atoms with Crippen LogP contribution < -0.4 is 20.5 Å². The van der Waals surface area contributed by atoms with E-state index in [2.05, 4.69) is 5.32 Å². The van der Waals surface area contributed by atoms with Crippen molar-refractivity contribution in [1.29, 1.82) is 0 Å². The maximum Gasteiger partial charge on any atom is 0.410 e. The van der Waals surface area contributed by atoms with Crippen molar-refractivity contribution in [2.24, 2.45) is 0 Å². The molecule has 6 rings (SSSR count). The Bertz CT molecular complexity index is 2100. The number of nitrogens with one attached hydrogen (secondary N) is 1. The zero-order valence-electron chi connectivity index (χ0n) is 37.7. The fourth-order valence-electron chi connectivity index (χ4n) is 7.49. The van der Waals surface area contributed by atoms with Crippen molar-refractivity contribution >= 4 is 23.6 Å². The number of fused-ring (bicyclic) bond motifs is 2. The molecule has 0 saturated carbocycles. The van der Waals surface area contributed by atoms with Crippen LogP contribution in [0.1, 0.15) is 104 Å². The van der Waals surface area contributed by atoms with Gasteiger partial charge in [-0.2, -0.15) is 0 Å². The Labute approximate surface area is 361 Å². The van der Waals surface area contributed by atoms with Crippen LogP contribution in [0.15, 0.2) is 97.1 Å². The number of carbonyl (C=O) groups is 2. The summed E-state index contributed by atoms with van der Waals surface area (Å²) >= 11 is 0. The molecule has 5 N–H and O–H groups in total. The van der Waals surface area contributed by atoms with Crippen LogP contribution in [-0.4, -0.2) is 86.9 Å². The van der Waals surface area contributed by atoms with Crippen LogP contribution in [0, 0.1) is 0 Å². The van der Waals surface area contributed by atoms with E-state index in [-0.39, 0.29) is 0 Å². The summed E-state index contributed by atoms with van der Waals surface area (Å²) in [7, 11) is 1.84. The maximum atomic E-state index is 13.3. The molecule has 4 aromatic carbocycles. The van der Waals surface area contributed by atoms with Crippen LogP contribution >= 0.6 is 0 Å². The van der Waals surface area contributed by atoms with Gasteiger partial charge >= 0.3 is 12.2 Å². The summed E-state index contributed by atoms with van der Waals surface area (Å²) in [5.74, 6) is 1.23. The first-order valence-corrected chi connectivity index (χ1v) is 21.0. The molecule has 4 aromatic rings. The third kappa shape index (κ3) is 11.9. The molecule has 0 saturated heterocycles. The Balaban J connectivity index is 0.000000231. The summed E-state index contributed by atoms with van der Waals surface area (Å²) < 4.78 is 23.6. The highest BCUT2D eigenvalue weighted by Crippen LogP contribution is 2.46. The maximum absolute atomic E-state index is 13.3. The summed E-state index contributed by atoms with van der Waals surface area (Å²) in [4.78, 5) is 29.8. The minimum Gasteiger partial charge on any atom is -0.485 e. The number of anilines is 2. The van der Waals surface area contributed by atoms with Crippen molar-refractivity contribution in [3.8, 4) is 11.5 Å². The number of hydrogen-bond acceptors (Lipinski definition) is 10. The van der Waals surface area contributed by atoms with Crippen molar-refractivity contribution in [1.82, 2.24) is 9.80 Å². The number of amides is 2. The molecule has 61 heavy (non-hydrogen) atoms. The molecule has 0 aromatic heterocycles. The summed E-state index contributed by atoms with van der Waals surface area (Å²) in [5.41, 5.74) is 8.04. The van der Waals surface area contributed by atoms with E-state index in [9.17, 15) is 19.8 Å². The minimum atomic E-state index is -0.947. The number of aliphatic hydroxyl groups excluding tert-OH is 2. The molecule has 4 atom stereocenters. The molecule has 2 aliphatic heterocycles. The second-order valence-corrected chi connectivity index (χ2v) is 18.8. The van der Waals surface area contributed by atoms with E-state index < -0.39 is 58.9 Å². The zero-order chi connectivity index (χ0) is 44.9. The predicted molar refractivity (Wildman–Crippen MR) is 240 cm³/mol. The average Bonchev–Trinajstić information content (AvgIpc) is 3.17. The number of nitrogens with two attached hydrogens (primary N) is 1. The highest BCUT2D eigenvalue weighted by molar-refractivity contribution is 5.71. The predicted octanol–water partition coefficient (Wildman–Crippen LogP) is 9.10. The summed E-state index contributed by atoms with van der Waals surface area (Å²) in [5, 5.41) is 25.6. The first-order valence-electron chi connectivity index (χ1n) is 21.0. The van der Waals surface area contributed by atoms with Crippen LogP contribution in [0.2, 0.25) is 0 Å². The lowest BCUT2D eigenvalue weighted by Gasteiger charge is -2.46. The van der Waals surface area contributed by atoms with Gasteiger partial charge in [0.15, 0.2) is 0 Å². The van der Waals surface area contributed by atoms with E-state index in [4.69, 9.17) is 24.7 Å². The van der Waals surface area contributed by atoms with Crippen molar-refractivity contribution in [3.05, 3.63) is 119 Å². The van der Waals surface area contributed by atoms with E-state index in [0.29, 0.717) is 43.1 Å². The molecule has 12 heteroatoms. The van der Waals surface area contributed by atoms with Crippen LogP contribution in [0.5, 0.6) is 11.5 Å². The molecule has 2 amide bonds. The average molecular weight is 839 g/mol. The van der Waals surface area contributed by atoms with Crippen molar-refractivity contribution in [2.75, 3.05) is 31.2 Å². The summed E-state index contributed by atoms with van der Waals surface area (Å²) in [6, 6.07) is 29.8. The van der Waals surface area contributed by atoms with Crippen molar-refractivity contribution < 1.29 is 38.7 Å². The van der Waals surface area contributed by atoms with Crippen LogP contribution in [0.25, 0.3) is 0 Å². The van der Waals surface area contributed by atoms with E-state index in [1.807, 2.05) is 147 Å². The smallest absolute Gasteiger partial charge is 0.410 e. The normalized spacial score (nSPS) is 19.9. The van der Waals surface area contributed by atoms with Gasteiger partial charge in [-0.25, -0.2) is 9.59 Å². The molecule has 0 radical (unpaired) electrons. The topological polar surface area (TPSA) is 156 Å². The Morgan fingerprint density at radius 1 is 0.656 bits per heavy atom. The van der Waals surface area contributed by atoms with Gasteiger partial charge in [0.25, 0.3) is 0 Å². The van der Waals surface area contributed by atoms with Gasteiger partial charge in [0.1, 0.15) is 46.1 Å². The molecule has 2 heterocycles. The van der Waals surface area contributed by atoms with E-state index in [0.717, 1.165) is 27.9 Å². The highest BCUT2D eigenvalue weighted by Gasteiger charge is 2.49. The Morgan fingerprint density at radius 2 is 1.05 bits per heavy atom. The van der Waals surface area contributed by atoms with E-state index >= 15 is 0 Å². The summed E-state index contributed by atoms with van der Waals surface area (Å²) in [6.45, 7) is 19.1. The zero-order valence-corrected chi connectivity index (χ0v) is 37.7. The number of ether oxygens (including phenoxy) is 4. The van der Waals surface area contributed by atoms with Gasteiger partial charge in [0.05, 0.1) is 12.1 Å². The molecule has 0 bridgehead atoms. The van der Waals surface area contributed by atoms with Crippen molar-refractivity contribution in [3.63, 3.8) is 0 Å². The standard InChI is InChI=1S/C25H34N2O4.C24H32N2O4/c1-24(2,3)31-23(29)27(15-14-17-10-8-7-9-11-17)21-19-13-12-18(26-6)16-20(19)30-25(4,5)22(21)28;1-23(2,3)30-22(28)26(14-13-16-9-7-6-8-10-16)20-18-12-11-17(25)15-19(18)29-24(4,5)21(20)27/h7-13,16,21-22,26,28H,14-15H2,1-6H3;6-12,15,20-21,27H,13-14,25H2,1-5H3/t21-,22+;20-,21+/m00/s1. The lowest BCUT2D eigenvalue weighted by molar-refractivity contribution is -0.0939. The number of aliphatic hydroxyl groups is 2. The minimum absolute atomic E-state index is 0.389. The molecule has 0 aliphatic carbocycles. The second-order valence-electron chi connectivity index (χ2n) is 18.8. The number of carbonyl (C=O) groups excluding carboxylic acids is 2. The largest absolute Gasteiger partial charge is 0.485 e. The molecule has 0 spiro atoms. The second kappa shape index (κ2) is 18.7.